The Balaban J connectivity index is 1.73. The van der Waals surface area contributed by atoms with E-state index in [0.717, 1.165) is 41.4 Å². The summed E-state index contributed by atoms with van der Waals surface area (Å²) in [6.45, 7) is 3.56. The van der Waals surface area contributed by atoms with Gasteiger partial charge >= 0.3 is 0 Å². The molecule has 0 bridgehead atoms. The van der Waals surface area contributed by atoms with Gasteiger partial charge in [-0.2, -0.15) is 0 Å². The highest BCUT2D eigenvalue weighted by Gasteiger charge is 2.27. The van der Waals surface area contributed by atoms with E-state index in [1.807, 2.05) is 11.3 Å². The minimum atomic E-state index is -0.268. The molecule has 0 unspecified atom stereocenters. The van der Waals surface area contributed by atoms with E-state index in [4.69, 9.17) is 9.97 Å². The summed E-state index contributed by atoms with van der Waals surface area (Å²) in [4.78, 5) is 14.6. The van der Waals surface area contributed by atoms with Crippen LogP contribution in [0.15, 0.2) is 24.3 Å². The molecule has 1 N–H and O–H groups in total. The number of aliphatic hydroxyl groups excluding tert-OH is 1. The maximum atomic E-state index is 9.89. The SMILES string of the molecule is Cc1ccc(-c2nc(N3CC[C@@H](O)C3)nc3sc4c(c23)CCC4)cc1. The lowest BCUT2D eigenvalue weighted by Crippen LogP contribution is -2.23. The van der Waals surface area contributed by atoms with Crippen LogP contribution in [0, 0.1) is 6.92 Å². The van der Waals surface area contributed by atoms with Gasteiger partial charge in [-0.1, -0.05) is 29.8 Å². The first kappa shape index (κ1) is 15.3. The van der Waals surface area contributed by atoms with Gasteiger partial charge in [-0.25, -0.2) is 9.97 Å². The molecule has 0 spiro atoms. The molecule has 0 radical (unpaired) electrons. The summed E-state index contributed by atoms with van der Waals surface area (Å²) in [7, 11) is 0. The molecular formula is C20H21N3OS. The van der Waals surface area contributed by atoms with Gasteiger partial charge in [-0.3, -0.25) is 0 Å². The van der Waals surface area contributed by atoms with Crippen LogP contribution in [0.5, 0.6) is 0 Å². The molecule has 1 aromatic carbocycles. The Morgan fingerprint density at radius 2 is 2.00 bits per heavy atom. The molecule has 2 aliphatic rings. The number of aromatic nitrogens is 2. The zero-order valence-electron chi connectivity index (χ0n) is 14.3. The topological polar surface area (TPSA) is 49.2 Å². The van der Waals surface area contributed by atoms with Crippen molar-refractivity contribution in [2.24, 2.45) is 0 Å². The van der Waals surface area contributed by atoms with Crippen LogP contribution < -0.4 is 4.90 Å². The Bertz CT molecular complexity index is 948. The standard InChI is InChI=1S/C20H21N3OS/c1-12-5-7-13(8-6-12)18-17-15-3-2-4-16(15)25-19(17)22-20(21-18)23-10-9-14(24)11-23/h5-8,14,24H,2-4,9-11H2,1H3/t14-/m1/s1. The highest BCUT2D eigenvalue weighted by molar-refractivity contribution is 7.19. The lowest BCUT2D eigenvalue weighted by atomic mass is 10.0. The number of hydrogen-bond acceptors (Lipinski definition) is 5. The lowest BCUT2D eigenvalue weighted by Gasteiger charge is -2.17. The van der Waals surface area contributed by atoms with Crippen LogP contribution in [-0.4, -0.2) is 34.3 Å². The Labute approximate surface area is 151 Å². The van der Waals surface area contributed by atoms with Gasteiger partial charge in [0.05, 0.1) is 11.8 Å². The van der Waals surface area contributed by atoms with E-state index >= 15 is 0 Å². The Morgan fingerprint density at radius 3 is 2.76 bits per heavy atom. The number of aryl methyl sites for hydroxylation is 3. The fourth-order valence-corrected chi connectivity index (χ4v) is 5.23. The zero-order chi connectivity index (χ0) is 17.0. The molecule has 1 aliphatic heterocycles. The number of β-amino-alcohol motifs (C(OH)–C–C–N with tert-alkyl or cyclic N) is 1. The van der Waals surface area contributed by atoms with Crippen molar-refractivity contribution in [2.75, 3.05) is 18.0 Å². The van der Waals surface area contributed by atoms with E-state index < -0.39 is 0 Å². The van der Waals surface area contributed by atoms with E-state index in [1.165, 1.54) is 34.2 Å². The van der Waals surface area contributed by atoms with Crippen LogP contribution >= 0.6 is 11.3 Å². The maximum absolute atomic E-state index is 9.89. The molecule has 1 atom stereocenters. The molecular weight excluding hydrogens is 330 g/mol. The summed E-state index contributed by atoms with van der Waals surface area (Å²) >= 11 is 1.83. The molecule has 25 heavy (non-hydrogen) atoms. The quantitative estimate of drug-likeness (QED) is 0.764. The van der Waals surface area contributed by atoms with Crippen LogP contribution in [-0.2, 0) is 12.8 Å². The van der Waals surface area contributed by atoms with Gasteiger partial charge in [0, 0.05) is 28.9 Å². The number of anilines is 1. The molecule has 5 rings (SSSR count). The maximum Gasteiger partial charge on any atom is 0.227 e. The number of benzene rings is 1. The largest absolute Gasteiger partial charge is 0.391 e. The number of nitrogens with zero attached hydrogens (tertiary/aromatic N) is 3. The molecule has 2 aromatic heterocycles. The first-order chi connectivity index (χ1) is 12.2. The Hall–Kier alpha value is -1.98. The predicted molar refractivity (Wildman–Crippen MR) is 102 cm³/mol. The van der Waals surface area contributed by atoms with E-state index in [9.17, 15) is 5.11 Å². The fourth-order valence-electron chi connectivity index (χ4n) is 3.97. The molecule has 128 valence electrons. The van der Waals surface area contributed by atoms with Crippen LogP contribution in [0.25, 0.3) is 21.5 Å². The molecule has 1 fully saturated rings. The molecule has 5 heteroatoms. The molecule has 3 aromatic rings. The van der Waals surface area contributed by atoms with E-state index in [0.29, 0.717) is 6.54 Å². The van der Waals surface area contributed by atoms with Crippen molar-refractivity contribution >= 4 is 27.5 Å². The van der Waals surface area contributed by atoms with E-state index in [2.05, 4.69) is 36.1 Å². The summed E-state index contributed by atoms with van der Waals surface area (Å²) in [6.07, 6.45) is 4.07. The minimum Gasteiger partial charge on any atom is -0.391 e. The van der Waals surface area contributed by atoms with Gasteiger partial charge in [0.2, 0.25) is 5.95 Å². The Morgan fingerprint density at radius 1 is 1.16 bits per heavy atom. The van der Waals surface area contributed by atoms with Gasteiger partial charge in [-0.05, 0) is 38.2 Å². The van der Waals surface area contributed by atoms with Crippen LogP contribution in [0.4, 0.5) is 5.95 Å². The van der Waals surface area contributed by atoms with Crippen molar-refractivity contribution in [1.82, 2.24) is 9.97 Å². The monoisotopic (exact) mass is 351 g/mol. The van der Waals surface area contributed by atoms with E-state index in [1.54, 1.807) is 0 Å². The third-order valence-corrected chi connectivity index (χ3v) is 6.51. The van der Waals surface area contributed by atoms with Gasteiger partial charge in [0.15, 0.2) is 0 Å². The molecule has 0 saturated carbocycles. The van der Waals surface area contributed by atoms with Crippen molar-refractivity contribution in [3.8, 4) is 11.3 Å². The number of rotatable bonds is 2. The van der Waals surface area contributed by atoms with Crippen molar-refractivity contribution < 1.29 is 5.11 Å². The summed E-state index contributed by atoms with van der Waals surface area (Å²) < 4.78 is 0. The molecule has 3 heterocycles. The van der Waals surface area contributed by atoms with Crippen molar-refractivity contribution in [3.63, 3.8) is 0 Å². The average Bonchev–Trinajstić information content (AvgIpc) is 3.30. The lowest BCUT2D eigenvalue weighted by molar-refractivity contribution is 0.198. The van der Waals surface area contributed by atoms with Crippen LogP contribution in [0.2, 0.25) is 0 Å². The number of fused-ring (bicyclic) bond motifs is 3. The molecule has 0 amide bonds. The minimum absolute atomic E-state index is 0.268. The third-order valence-electron chi connectivity index (χ3n) is 5.32. The first-order valence-corrected chi connectivity index (χ1v) is 9.83. The number of aliphatic hydroxyl groups is 1. The second-order valence-corrected chi connectivity index (χ2v) is 8.25. The fraction of sp³-hybridized carbons (Fsp3) is 0.400. The summed E-state index contributed by atoms with van der Waals surface area (Å²) in [5.74, 6) is 0.763. The van der Waals surface area contributed by atoms with Crippen molar-refractivity contribution in [2.45, 2.75) is 38.7 Å². The van der Waals surface area contributed by atoms with Crippen molar-refractivity contribution in [3.05, 3.63) is 40.3 Å². The van der Waals surface area contributed by atoms with E-state index in [-0.39, 0.29) is 6.10 Å². The molecule has 1 saturated heterocycles. The Kier molecular flexibility index (Phi) is 3.54. The van der Waals surface area contributed by atoms with Gasteiger partial charge in [0.1, 0.15) is 4.83 Å². The molecule has 1 aliphatic carbocycles. The second-order valence-electron chi connectivity index (χ2n) is 7.16. The molecule has 4 nitrogen and oxygen atoms in total. The normalized spacial score (nSPS) is 19.8. The van der Waals surface area contributed by atoms with Gasteiger partial charge in [-0.15, -0.1) is 11.3 Å². The van der Waals surface area contributed by atoms with Gasteiger partial charge < -0.3 is 10.0 Å². The smallest absolute Gasteiger partial charge is 0.227 e. The summed E-state index contributed by atoms with van der Waals surface area (Å²) in [5.41, 5.74) is 4.93. The summed E-state index contributed by atoms with van der Waals surface area (Å²) in [6, 6.07) is 8.63. The van der Waals surface area contributed by atoms with Crippen LogP contribution in [0.3, 0.4) is 0 Å². The average molecular weight is 351 g/mol. The summed E-state index contributed by atoms with van der Waals surface area (Å²) in [5, 5.41) is 11.1. The van der Waals surface area contributed by atoms with Crippen LogP contribution in [0.1, 0.15) is 28.8 Å². The highest BCUT2D eigenvalue weighted by atomic mass is 32.1. The first-order valence-electron chi connectivity index (χ1n) is 9.01. The van der Waals surface area contributed by atoms with Crippen molar-refractivity contribution in [1.29, 1.82) is 0 Å². The zero-order valence-corrected chi connectivity index (χ0v) is 15.1. The number of hydrogen-bond donors (Lipinski definition) is 1. The van der Waals surface area contributed by atoms with Gasteiger partial charge in [0.25, 0.3) is 0 Å². The number of thiophene rings is 1. The third kappa shape index (κ3) is 2.53. The predicted octanol–water partition coefficient (Wildman–Crippen LogP) is 3.73. The highest BCUT2D eigenvalue weighted by Crippen LogP contribution is 2.41. The second kappa shape index (κ2) is 5.78.